The molecule has 2 rings (SSSR count). The lowest BCUT2D eigenvalue weighted by Gasteiger charge is -2.42. The van der Waals surface area contributed by atoms with Crippen LogP contribution in [0.1, 0.15) is 32.3 Å². The molecular formula is C16H26N2O2. The predicted octanol–water partition coefficient (Wildman–Crippen LogP) is 2.35. The van der Waals surface area contributed by atoms with Crippen LogP contribution in [0.25, 0.3) is 0 Å². The summed E-state index contributed by atoms with van der Waals surface area (Å²) in [6.45, 7) is 6.51. The van der Waals surface area contributed by atoms with Gasteiger partial charge in [-0.1, -0.05) is 13.0 Å². The molecule has 0 saturated carbocycles. The van der Waals surface area contributed by atoms with Crippen LogP contribution in [0.15, 0.2) is 18.2 Å². The highest BCUT2D eigenvalue weighted by Crippen LogP contribution is 2.29. The van der Waals surface area contributed by atoms with Gasteiger partial charge in [0.2, 0.25) is 0 Å². The van der Waals surface area contributed by atoms with Crippen molar-refractivity contribution in [3.8, 4) is 11.5 Å². The minimum atomic E-state index is -0.359. The van der Waals surface area contributed by atoms with Crippen molar-refractivity contribution in [3.05, 3.63) is 23.8 Å². The minimum absolute atomic E-state index is 0.168. The first-order valence-corrected chi connectivity index (χ1v) is 7.32. The minimum Gasteiger partial charge on any atom is -0.504 e. The van der Waals surface area contributed by atoms with Crippen molar-refractivity contribution in [3.63, 3.8) is 0 Å². The number of likely N-dealkylation sites (tertiary alicyclic amines) is 1. The van der Waals surface area contributed by atoms with E-state index >= 15 is 0 Å². The van der Waals surface area contributed by atoms with Crippen LogP contribution in [0.4, 0.5) is 0 Å². The highest BCUT2D eigenvalue weighted by Gasteiger charge is 2.30. The summed E-state index contributed by atoms with van der Waals surface area (Å²) in [5.74, 6) is 1.48. The van der Waals surface area contributed by atoms with Crippen LogP contribution in [0, 0.1) is 5.92 Å². The second kappa shape index (κ2) is 6.02. The standard InChI is InChI=1S/C16H26N2O2/c1-12-6-8-18(9-7-12)16(2,17)11-13-4-5-14(19)15(10-13)20-3/h4-5,10,12,19H,6-9,11,17H2,1-3H3. The SMILES string of the molecule is COc1cc(CC(C)(N)N2CCC(C)CC2)ccc1O. The molecule has 0 spiro atoms. The van der Waals surface area contributed by atoms with E-state index in [0.29, 0.717) is 5.75 Å². The van der Waals surface area contributed by atoms with Gasteiger partial charge in [-0.3, -0.25) is 4.90 Å². The lowest BCUT2D eigenvalue weighted by Crippen LogP contribution is -2.57. The normalized spacial score (nSPS) is 20.6. The molecule has 0 aliphatic carbocycles. The molecule has 1 aromatic carbocycles. The van der Waals surface area contributed by atoms with E-state index in [-0.39, 0.29) is 11.4 Å². The van der Waals surface area contributed by atoms with Gasteiger partial charge in [-0.25, -0.2) is 0 Å². The first kappa shape index (κ1) is 15.1. The fraction of sp³-hybridized carbons (Fsp3) is 0.625. The lowest BCUT2D eigenvalue weighted by atomic mass is 9.93. The van der Waals surface area contributed by atoms with Gasteiger partial charge in [0.15, 0.2) is 11.5 Å². The Bertz CT molecular complexity index is 452. The molecule has 0 radical (unpaired) electrons. The maximum Gasteiger partial charge on any atom is 0.160 e. The summed E-state index contributed by atoms with van der Waals surface area (Å²) in [6.07, 6.45) is 3.18. The summed E-state index contributed by atoms with van der Waals surface area (Å²) in [4.78, 5) is 2.37. The molecule has 3 N–H and O–H groups in total. The van der Waals surface area contributed by atoms with Crippen LogP contribution in [0.5, 0.6) is 11.5 Å². The average Bonchev–Trinajstić information content (AvgIpc) is 2.41. The van der Waals surface area contributed by atoms with Crippen LogP contribution >= 0.6 is 0 Å². The monoisotopic (exact) mass is 278 g/mol. The molecule has 1 fully saturated rings. The molecule has 1 unspecified atom stereocenters. The highest BCUT2D eigenvalue weighted by molar-refractivity contribution is 5.42. The third-order valence-corrected chi connectivity index (χ3v) is 4.31. The quantitative estimate of drug-likeness (QED) is 0.887. The average molecular weight is 278 g/mol. The number of phenols is 1. The Morgan fingerprint density at radius 3 is 2.65 bits per heavy atom. The van der Waals surface area contributed by atoms with E-state index in [4.69, 9.17) is 10.5 Å². The van der Waals surface area contributed by atoms with Gasteiger partial charge in [0.1, 0.15) is 0 Å². The zero-order valence-electron chi connectivity index (χ0n) is 12.7. The summed E-state index contributed by atoms with van der Waals surface area (Å²) < 4.78 is 5.16. The largest absolute Gasteiger partial charge is 0.504 e. The predicted molar refractivity (Wildman–Crippen MR) is 80.9 cm³/mol. The molecule has 0 bridgehead atoms. The number of ether oxygens (including phenoxy) is 1. The number of methoxy groups -OCH3 is 1. The zero-order valence-corrected chi connectivity index (χ0v) is 12.7. The van der Waals surface area contributed by atoms with E-state index in [1.165, 1.54) is 12.8 Å². The Balaban J connectivity index is 2.07. The molecular weight excluding hydrogens is 252 g/mol. The van der Waals surface area contributed by atoms with E-state index in [9.17, 15) is 5.11 Å². The number of nitrogens with two attached hydrogens (primary N) is 1. The van der Waals surface area contributed by atoms with Gasteiger partial charge in [0.05, 0.1) is 12.8 Å². The van der Waals surface area contributed by atoms with Crippen molar-refractivity contribution in [2.45, 2.75) is 38.8 Å². The zero-order chi connectivity index (χ0) is 14.8. The van der Waals surface area contributed by atoms with Crippen molar-refractivity contribution in [1.29, 1.82) is 0 Å². The van der Waals surface area contributed by atoms with Gasteiger partial charge in [-0.05, 0) is 43.4 Å². The van der Waals surface area contributed by atoms with Gasteiger partial charge in [0, 0.05) is 19.5 Å². The second-order valence-corrected chi connectivity index (χ2v) is 6.21. The smallest absolute Gasteiger partial charge is 0.160 e. The van der Waals surface area contributed by atoms with Crippen molar-refractivity contribution < 1.29 is 9.84 Å². The van der Waals surface area contributed by atoms with E-state index in [0.717, 1.165) is 31.0 Å². The van der Waals surface area contributed by atoms with Crippen LogP contribution in [0.3, 0.4) is 0 Å². The number of hydrogen-bond donors (Lipinski definition) is 2. The summed E-state index contributed by atoms with van der Waals surface area (Å²) in [5, 5.41) is 9.64. The van der Waals surface area contributed by atoms with Gasteiger partial charge in [0.25, 0.3) is 0 Å². The first-order valence-electron chi connectivity index (χ1n) is 7.32. The Labute approximate surface area is 121 Å². The maximum atomic E-state index is 9.64. The molecule has 1 aliphatic heterocycles. The molecule has 1 saturated heterocycles. The van der Waals surface area contributed by atoms with Crippen LogP contribution in [-0.2, 0) is 6.42 Å². The van der Waals surface area contributed by atoms with E-state index in [1.807, 2.05) is 12.1 Å². The van der Waals surface area contributed by atoms with Crippen LogP contribution in [-0.4, -0.2) is 35.9 Å². The van der Waals surface area contributed by atoms with E-state index in [1.54, 1.807) is 13.2 Å². The lowest BCUT2D eigenvalue weighted by molar-refractivity contribution is 0.0694. The third-order valence-electron chi connectivity index (χ3n) is 4.31. The number of nitrogens with zero attached hydrogens (tertiary/aromatic N) is 1. The maximum absolute atomic E-state index is 9.64. The molecule has 0 amide bonds. The number of aromatic hydroxyl groups is 1. The first-order chi connectivity index (χ1) is 9.42. The molecule has 1 heterocycles. The number of benzene rings is 1. The summed E-state index contributed by atoms with van der Waals surface area (Å²) in [6, 6.07) is 5.45. The Hall–Kier alpha value is -1.26. The molecule has 0 aromatic heterocycles. The van der Waals surface area contributed by atoms with E-state index < -0.39 is 0 Å². The highest BCUT2D eigenvalue weighted by atomic mass is 16.5. The molecule has 112 valence electrons. The molecule has 1 aliphatic rings. The molecule has 4 nitrogen and oxygen atoms in total. The Kier molecular flexibility index (Phi) is 4.55. The number of hydrogen-bond acceptors (Lipinski definition) is 4. The molecule has 20 heavy (non-hydrogen) atoms. The summed E-state index contributed by atoms with van der Waals surface area (Å²) in [5.41, 5.74) is 7.25. The molecule has 1 atom stereocenters. The van der Waals surface area contributed by atoms with E-state index in [2.05, 4.69) is 18.7 Å². The van der Waals surface area contributed by atoms with Crippen LogP contribution < -0.4 is 10.5 Å². The fourth-order valence-corrected chi connectivity index (χ4v) is 2.88. The summed E-state index contributed by atoms with van der Waals surface area (Å²) in [7, 11) is 1.56. The number of piperidine rings is 1. The fourth-order valence-electron chi connectivity index (χ4n) is 2.88. The second-order valence-electron chi connectivity index (χ2n) is 6.21. The third kappa shape index (κ3) is 3.44. The van der Waals surface area contributed by atoms with Gasteiger partial charge >= 0.3 is 0 Å². The van der Waals surface area contributed by atoms with Gasteiger partial charge in [-0.2, -0.15) is 0 Å². The Morgan fingerprint density at radius 1 is 1.40 bits per heavy atom. The number of phenolic OH excluding ortho intramolecular Hbond substituents is 1. The van der Waals surface area contributed by atoms with Crippen molar-refractivity contribution in [2.75, 3.05) is 20.2 Å². The summed E-state index contributed by atoms with van der Waals surface area (Å²) >= 11 is 0. The van der Waals surface area contributed by atoms with Gasteiger partial charge < -0.3 is 15.6 Å². The van der Waals surface area contributed by atoms with Crippen LogP contribution in [0.2, 0.25) is 0 Å². The topological polar surface area (TPSA) is 58.7 Å². The molecule has 1 aromatic rings. The van der Waals surface area contributed by atoms with Crippen molar-refractivity contribution in [2.24, 2.45) is 11.7 Å². The van der Waals surface area contributed by atoms with Crippen molar-refractivity contribution in [1.82, 2.24) is 4.90 Å². The number of rotatable bonds is 4. The molecule has 4 heteroatoms. The van der Waals surface area contributed by atoms with Gasteiger partial charge in [-0.15, -0.1) is 0 Å². The Morgan fingerprint density at radius 2 is 2.05 bits per heavy atom. The van der Waals surface area contributed by atoms with Crippen molar-refractivity contribution >= 4 is 0 Å².